The fourth-order valence-electron chi connectivity index (χ4n) is 2.90. The predicted molar refractivity (Wildman–Crippen MR) is 101 cm³/mol. The number of esters is 1. The van der Waals surface area contributed by atoms with Crippen molar-refractivity contribution in [3.63, 3.8) is 0 Å². The number of ether oxygens (including phenoxy) is 1. The van der Waals surface area contributed by atoms with Gasteiger partial charge in [0.05, 0.1) is 5.54 Å². The van der Waals surface area contributed by atoms with Crippen LogP contribution < -0.4 is 10.1 Å². The van der Waals surface area contributed by atoms with Crippen LogP contribution in [0.15, 0.2) is 54.6 Å². The standard InChI is InChI=1S/C20H22N4O2/c1-14(25)26-17-12-10-15(11-13-17)18-22-23-19(24(18)4)20(2,3)21-16-8-6-5-7-9-16/h5-13,21H,1-4H3. The van der Waals surface area contributed by atoms with E-state index in [0.717, 1.165) is 22.9 Å². The van der Waals surface area contributed by atoms with Gasteiger partial charge < -0.3 is 14.6 Å². The molecule has 0 saturated heterocycles. The zero-order valence-electron chi connectivity index (χ0n) is 15.4. The van der Waals surface area contributed by atoms with E-state index in [4.69, 9.17) is 4.74 Å². The molecule has 26 heavy (non-hydrogen) atoms. The van der Waals surface area contributed by atoms with Crippen LogP contribution in [-0.2, 0) is 17.4 Å². The third-order valence-corrected chi connectivity index (χ3v) is 4.04. The van der Waals surface area contributed by atoms with E-state index in [0.29, 0.717) is 5.75 Å². The van der Waals surface area contributed by atoms with Crippen molar-refractivity contribution in [2.75, 3.05) is 5.32 Å². The average Bonchev–Trinajstić information content (AvgIpc) is 2.98. The second-order valence-electron chi connectivity index (χ2n) is 6.64. The lowest BCUT2D eigenvalue weighted by Gasteiger charge is -2.26. The van der Waals surface area contributed by atoms with Crippen LogP contribution in [0, 0.1) is 0 Å². The molecule has 6 heteroatoms. The number of anilines is 1. The molecule has 0 radical (unpaired) electrons. The number of nitrogens with one attached hydrogen (secondary N) is 1. The van der Waals surface area contributed by atoms with Gasteiger partial charge in [0.2, 0.25) is 0 Å². The molecule has 134 valence electrons. The van der Waals surface area contributed by atoms with Gasteiger partial charge in [-0.3, -0.25) is 4.79 Å². The highest BCUT2D eigenvalue weighted by atomic mass is 16.5. The molecule has 0 unspecified atom stereocenters. The maximum atomic E-state index is 11.0. The summed E-state index contributed by atoms with van der Waals surface area (Å²) in [5, 5.41) is 12.2. The number of aromatic nitrogens is 3. The predicted octanol–water partition coefficient (Wildman–Crippen LogP) is 3.75. The minimum Gasteiger partial charge on any atom is -0.427 e. The van der Waals surface area contributed by atoms with Crippen molar-refractivity contribution in [3.8, 4) is 17.1 Å². The molecule has 0 aliphatic carbocycles. The molecule has 6 nitrogen and oxygen atoms in total. The second-order valence-corrected chi connectivity index (χ2v) is 6.64. The number of carbonyl (C=O) groups excluding carboxylic acids is 1. The lowest BCUT2D eigenvalue weighted by Crippen LogP contribution is -2.31. The number of benzene rings is 2. The molecular formula is C20H22N4O2. The lowest BCUT2D eigenvalue weighted by atomic mass is 10.0. The van der Waals surface area contributed by atoms with E-state index in [2.05, 4.69) is 29.4 Å². The Hall–Kier alpha value is -3.15. The Labute approximate surface area is 152 Å². The van der Waals surface area contributed by atoms with Gasteiger partial charge >= 0.3 is 5.97 Å². The molecule has 2 aromatic carbocycles. The fourth-order valence-corrected chi connectivity index (χ4v) is 2.90. The molecule has 1 N–H and O–H groups in total. The fraction of sp³-hybridized carbons (Fsp3) is 0.250. The summed E-state index contributed by atoms with van der Waals surface area (Å²) < 4.78 is 7.04. The number of rotatable bonds is 5. The second kappa shape index (κ2) is 7.00. The summed E-state index contributed by atoms with van der Waals surface area (Å²) >= 11 is 0. The molecule has 0 amide bonds. The SMILES string of the molecule is CC(=O)Oc1ccc(-c2nnc(C(C)(C)Nc3ccccc3)n2C)cc1. The van der Waals surface area contributed by atoms with Crippen LogP contribution in [0.4, 0.5) is 5.69 Å². The van der Waals surface area contributed by atoms with Crippen LogP contribution in [0.3, 0.4) is 0 Å². The normalized spacial score (nSPS) is 11.2. The smallest absolute Gasteiger partial charge is 0.308 e. The van der Waals surface area contributed by atoms with Crippen LogP contribution in [0.5, 0.6) is 5.75 Å². The topological polar surface area (TPSA) is 69.0 Å². The van der Waals surface area contributed by atoms with Crippen molar-refractivity contribution in [3.05, 3.63) is 60.4 Å². The Morgan fingerprint density at radius 1 is 1.04 bits per heavy atom. The van der Waals surface area contributed by atoms with E-state index in [1.54, 1.807) is 12.1 Å². The highest BCUT2D eigenvalue weighted by Crippen LogP contribution is 2.27. The van der Waals surface area contributed by atoms with Gasteiger partial charge in [-0.25, -0.2) is 0 Å². The van der Waals surface area contributed by atoms with Crippen LogP contribution in [-0.4, -0.2) is 20.7 Å². The van der Waals surface area contributed by atoms with Gasteiger partial charge in [-0.05, 0) is 50.2 Å². The van der Waals surface area contributed by atoms with Crippen molar-refractivity contribution in [1.29, 1.82) is 0 Å². The van der Waals surface area contributed by atoms with E-state index in [-0.39, 0.29) is 5.97 Å². The molecule has 0 aliphatic rings. The quantitative estimate of drug-likeness (QED) is 0.560. The molecule has 0 saturated carbocycles. The maximum Gasteiger partial charge on any atom is 0.308 e. The van der Waals surface area contributed by atoms with Gasteiger partial charge in [0, 0.05) is 25.2 Å². The van der Waals surface area contributed by atoms with E-state index in [9.17, 15) is 4.79 Å². The lowest BCUT2D eigenvalue weighted by molar-refractivity contribution is -0.131. The monoisotopic (exact) mass is 350 g/mol. The number of hydrogen-bond acceptors (Lipinski definition) is 5. The largest absolute Gasteiger partial charge is 0.427 e. The Kier molecular flexibility index (Phi) is 4.75. The van der Waals surface area contributed by atoms with Crippen molar-refractivity contribution in [1.82, 2.24) is 14.8 Å². The maximum absolute atomic E-state index is 11.0. The number of carbonyl (C=O) groups is 1. The van der Waals surface area contributed by atoms with Crippen LogP contribution in [0.25, 0.3) is 11.4 Å². The van der Waals surface area contributed by atoms with Crippen molar-refractivity contribution >= 4 is 11.7 Å². The zero-order valence-corrected chi connectivity index (χ0v) is 15.4. The van der Waals surface area contributed by atoms with Gasteiger partial charge in [0.25, 0.3) is 0 Å². The Morgan fingerprint density at radius 3 is 2.31 bits per heavy atom. The number of nitrogens with zero attached hydrogens (tertiary/aromatic N) is 3. The number of hydrogen-bond donors (Lipinski definition) is 1. The van der Waals surface area contributed by atoms with Crippen LogP contribution in [0.1, 0.15) is 26.6 Å². The average molecular weight is 350 g/mol. The van der Waals surface area contributed by atoms with Crippen LogP contribution in [0.2, 0.25) is 0 Å². The first-order valence-corrected chi connectivity index (χ1v) is 8.39. The molecule has 0 atom stereocenters. The highest BCUT2D eigenvalue weighted by molar-refractivity contribution is 5.69. The first-order chi connectivity index (χ1) is 12.4. The van der Waals surface area contributed by atoms with E-state index < -0.39 is 5.54 Å². The number of para-hydroxylation sites is 1. The highest BCUT2D eigenvalue weighted by Gasteiger charge is 2.27. The van der Waals surface area contributed by atoms with Gasteiger partial charge in [-0.2, -0.15) is 0 Å². The Morgan fingerprint density at radius 2 is 1.69 bits per heavy atom. The summed E-state index contributed by atoms with van der Waals surface area (Å²) in [4.78, 5) is 11.0. The van der Waals surface area contributed by atoms with Gasteiger partial charge in [-0.15, -0.1) is 10.2 Å². The van der Waals surface area contributed by atoms with E-state index >= 15 is 0 Å². The molecule has 0 aliphatic heterocycles. The molecule has 3 aromatic rings. The molecule has 1 aromatic heterocycles. The summed E-state index contributed by atoms with van der Waals surface area (Å²) in [5.41, 5.74) is 1.52. The molecule has 1 heterocycles. The third kappa shape index (κ3) is 3.74. The van der Waals surface area contributed by atoms with Crippen molar-refractivity contribution < 1.29 is 9.53 Å². The molecular weight excluding hydrogens is 328 g/mol. The first-order valence-electron chi connectivity index (χ1n) is 8.39. The van der Waals surface area contributed by atoms with Crippen molar-refractivity contribution in [2.24, 2.45) is 7.05 Å². The molecule has 3 rings (SSSR count). The summed E-state index contributed by atoms with van der Waals surface area (Å²) in [5.74, 6) is 1.74. The summed E-state index contributed by atoms with van der Waals surface area (Å²) in [6, 6.07) is 17.2. The van der Waals surface area contributed by atoms with Crippen molar-refractivity contribution in [2.45, 2.75) is 26.3 Å². The van der Waals surface area contributed by atoms with Gasteiger partial charge in [-0.1, -0.05) is 18.2 Å². The molecule has 0 fully saturated rings. The minimum atomic E-state index is -0.404. The Balaban J connectivity index is 1.86. The van der Waals surface area contributed by atoms with Crippen LogP contribution >= 0.6 is 0 Å². The third-order valence-electron chi connectivity index (χ3n) is 4.04. The van der Waals surface area contributed by atoms with Gasteiger partial charge in [0.15, 0.2) is 11.6 Å². The van der Waals surface area contributed by atoms with E-state index in [1.807, 2.05) is 54.1 Å². The molecule has 0 bridgehead atoms. The first kappa shape index (κ1) is 17.7. The van der Waals surface area contributed by atoms with E-state index in [1.165, 1.54) is 6.92 Å². The summed E-state index contributed by atoms with van der Waals surface area (Å²) in [7, 11) is 1.94. The summed E-state index contributed by atoms with van der Waals surface area (Å²) in [6.07, 6.45) is 0. The zero-order chi connectivity index (χ0) is 18.7. The Bertz CT molecular complexity index is 899. The minimum absolute atomic E-state index is 0.340. The summed E-state index contributed by atoms with van der Waals surface area (Å²) in [6.45, 7) is 5.51. The van der Waals surface area contributed by atoms with Gasteiger partial charge in [0.1, 0.15) is 5.75 Å². The molecule has 0 spiro atoms.